The molecule has 3 aromatic rings. The van der Waals surface area contributed by atoms with Gasteiger partial charge in [0.15, 0.2) is 0 Å². The summed E-state index contributed by atoms with van der Waals surface area (Å²) in [6.45, 7) is -8.63. The normalized spacial score (nSPS) is 13.4. The van der Waals surface area contributed by atoms with Crippen LogP contribution < -0.4 is 9.47 Å². The molecule has 0 atom stereocenters. The van der Waals surface area contributed by atoms with E-state index in [1.54, 1.807) is 78.9 Å². The van der Waals surface area contributed by atoms with E-state index in [2.05, 4.69) is 14.2 Å². The first-order valence-electron chi connectivity index (χ1n) is 15.1. The van der Waals surface area contributed by atoms with Gasteiger partial charge in [0.2, 0.25) is 0 Å². The zero-order valence-corrected chi connectivity index (χ0v) is 27.5. The molecule has 0 aromatic heterocycles. The van der Waals surface area contributed by atoms with Gasteiger partial charge in [-0.05, 0) is 41.0 Å². The van der Waals surface area contributed by atoms with Gasteiger partial charge in [-0.2, -0.15) is 48.3 Å². The first-order valence-corrected chi connectivity index (χ1v) is 15.1. The molecule has 0 amide bonds. The van der Waals surface area contributed by atoms with Crippen molar-refractivity contribution in [2.75, 3.05) is 60.3 Å². The number of benzene rings is 3. The quantitative estimate of drug-likeness (QED) is 0.0896. The molecular formula is C33H34F11NO7. The Labute approximate surface area is 290 Å². The van der Waals surface area contributed by atoms with Crippen molar-refractivity contribution in [1.29, 1.82) is 0 Å². The molecule has 0 aliphatic heterocycles. The number of aliphatic hydroxyl groups is 1. The van der Waals surface area contributed by atoms with Crippen LogP contribution >= 0.6 is 0 Å². The van der Waals surface area contributed by atoms with Crippen LogP contribution in [0.4, 0.5) is 48.3 Å². The molecule has 0 saturated carbocycles. The number of halogens is 11. The molecule has 3 rings (SSSR count). The molecule has 52 heavy (non-hydrogen) atoms. The van der Waals surface area contributed by atoms with E-state index in [9.17, 15) is 53.4 Å². The van der Waals surface area contributed by atoms with Crippen molar-refractivity contribution in [1.82, 2.24) is 4.90 Å². The minimum absolute atomic E-state index is 0.361. The van der Waals surface area contributed by atoms with Crippen LogP contribution in [0.25, 0.3) is 0 Å². The number of methoxy groups -OCH3 is 2. The highest BCUT2D eigenvalue weighted by molar-refractivity contribution is 5.49. The summed E-state index contributed by atoms with van der Waals surface area (Å²) in [5, 5.41) is 9.51. The maximum absolute atomic E-state index is 14.8. The molecule has 0 radical (unpaired) electrons. The monoisotopic (exact) mass is 765 g/mol. The van der Waals surface area contributed by atoms with Crippen molar-refractivity contribution >= 4 is 0 Å². The summed E-state index contributed by atoms with van der Waals surface area (Å²) < 4.78 is 173. The second kappa shape index (κ2) is 17.4. The van der Waals surface area contributed by atoms with E-state index in [0.717, 1.165) is 4.90 Å². The van der Waals surface area contributed by atoms with E-state index < -0.39 is 75.7 Å². The summed E-state index contributed by atoms with van der Waals surface area (Å²) >= 11 is 0. The van der Waals surface area contributed by atoms with Crippen LogP contribution in [0.3, 0.4) is 0 Å². The zero-order chi connectivity index (χ0) is 38.8. The number of hydrogen-bond donors (Lipinski definition) is 1. The van der Waals surface area contributed by atoms with Gasteiger partial charge in [0.1, 0.15) is 30.3 Å². The topological polar surface area (TPSA) is 78.9 Å². The zero-order valence-electron chi connectivity index (χ0n) is 27.5. The smallest absolute Gasteiger partial charge is 0.483 e. The molecule has 0 spiro atoms. The Hall–Kier alpha value is -3.75. The summed E-state index contributed by atoms with van der Waals surface area (Å²) in [6.07, 6.45) is -28.2. The summed E-state index contributed by atoms with van der Waals surface area (Å²) in [6, 6.07) is 22.3. The van der Waals surface area contributed by atoms with Crippen molar-refractivity contribution in [3.8, 4) is 11.5 Å². The molecule has 290 valence electrons. The third-order valence-electron chi connectivity index (χ3n) is 7.17. The Bertz CT molecular complexity index is 1460. The van der Waals surface area contributed by atoms with Crippen LogP contribution in [-0.2, 0) is 24.5 Å². The van der Waals surface area contributed by atoms with Gasteiger partial charge < -0.3 is 24.1 Å². The lowest BCUT2D eigenvalue weighted by Gasteiger charge is -2.37. The lowest BCUT2D eigenvalue weighted by molar-refractivity contribution is -0.462. The van der Waals surface area contributed by atoms with E-state index >= 15 is 0 Å². The minimum atomic E-state index is -6.58. The summed E-state index contributed by atoms with van der Waals surface area (Å²) in [5.41, 5.74) is 0.351. The SMILES string of the molecule is COc1ccc(C(OCCN(CCO)CC(F)(F)OC(F)(F)COCC(F)(F)OC(F)(F)C(F)(F)F)(c2ccccc2)c2ccc(OC)cc2)cc1. The van der Waals surface area contributed by atoms with Crippen molar-refractivity contribution in [3.05, 3.63) is 95.6 Å². The molecule has 0 aliphatic rings. The molecule has 0 saturated heterocycles. The average molecular weight is 766 g/mol. The van der Waals surface area contributed by atoms with Gasteiger partial charge in [0, 0.05) is 13.1 Å². The van der Waals surface area contributed by atoms with Crippen LogP contribution in [0.5, 0.6) is 11.5 Å². The van der Waals surface area contributed by atoms with Crippen LogP contribution in [0.15, 0.2) is 78.9 Å². The standard InChI is InChI=1S/C33H34F11NO7/c1-47-26-12-8-24(9-13-26)31(23-6-4-3-5-7-23,25-10-14-27(48-2)15-11-25)50-19-17-45(16-18-46)20-28(34,35)51-29(36,37)21-49-22-30(38,39)52-33(43,44)32(40,41)42/h3-15,46H,16-22H2,1-2H3. The van der Waals surface area contributed by atoms with Crippen molar-refractivity contribution < 1.29 is 81.8 Å². The van der Waals surface area contributed by atoms with E-state index in [0.29, 0.717) is 28.2 Å². The number of aliphatic hydroxyl groups excluding tert-OH is 1. The minimum Gasteiger partial charge on any atom is -0.497 e. The number of rotatable bonds is 21. The van der Waals surface area contributed by atoms with Crippen LogP contribution in [0.1, 0.15) is 16.7 Å². The Morgan fingerprint density at radius 3 is 1.48 bits per heavy atom. The lowest BCUT2D eigenvalue weighted by atomic mass is 9.80. The molecule has 19 heteroatoms. The van der Waals surface area contributed by atoms with Crippen LogP contribution in [-0.4, -0.2) is 101 Å². The van der Waals surface area contributed by atoms with Gasteiger partial charge in [-0.15, -0.1) is 0 Å². The fraction of sp³-hybridized carbons (Fsp3) is 0.455. The van der Waals surface area contributed by atoms with Crippen molar-refractivity contribution in [2.45, 2.75) is 36.2 Å². The van der Waals surface area contributed by atoms with Crippen LogP contribution in [0.2, 0.25) is 0 Å². The Kier molecular flexibility index (Phi) is 14.3. The fourth-order valence-electron chi connectivity index (χ4n) is 4.92. The van der Waals surface area contributed by atoms with E-state index in [1.165, 1.54) is 14.2 Å². The summed E-state index contributed by atoms with van der Waals surface area (Å²) in [4.78, 5) is 0.802. The predicted octanol–water partition coefficient (Wildman–Crippen LogP) is 7.29. The van der Waals surface area contributed by atoms with Gasteiger partial charge in [0.05, 0.1) is 34.0 Å². The third-order valence-corrected chi connectivity index (χ3v) is 7.17. The highest BCUT2D eigenvalue weighted by Gasteiger charge is 2.64. The van der Waals surface area contributed by atoms with Gasteiger partial charge in [-0.3, -0.25) is 9.64 Å². The molecule has 0 bridgehead atoms. The first kappa shape index (κ1) is 42.7. The molecule has 0 heterocycles. The molecule has 0 aliphatic carbocycles. The van der Waals surface area contributed by atoms with Crippen LogP contribution in [0, 0.1) is 0 Å². The fourth-order valence-corrected chi connectivity index (χ4v) is 4.92. The Morgan fingerprint density at radius 1 is 0.577 bits per heavy atom. The number of hydrogen-bond acceptors (Lipinski definition) is 8. The Morgan fingerprint density at radius 2 is 1.04 bits per heavy atom. The maximum atomic E-state index is 14.8. The third kappa shape index (κ3) is 11.6. The van der Waals surface area contributed by atoms with E-state index in [-0.39, 0.29) is 6.61 Å². The van der Waals surface area contributed by atoms with Gasteiger partial charge in [-0.1, -0.05) is 54.6 Å². The highest BCUT2D eigenvalue weighted by Crippen LogP contribution is 2.42. The summed E-state index contributed by atoms with van der Waals surface area (Å²) in [5.74, 6) is 1.04. The number of ether oxygens (including phenoxy) is 6. The van der Waals surface area contributed by atoms with Crippen molar-refractivity contribution in [3.63, 3.8) is 0 Å². The Balaban J connectivity index is 1.78. The lowest BCUT2D eigenvalue weighted by Crippen LogP contribution is -2.48. The van der Waals surface area contributed by atoms with E-state index in [1.807, 2.05) is 0 Å². The second-order valence-corrected chi connectivity index (χ2v) is 11.0. The van der Waals surface area contributed by atoms with Gasteiger partial charge >= 0.3 is 30.6 Å². The van der Waals surface area contributed by atoms with Crippen molar-refractivity contribution in [2.24, 2.45) is 0 Å². The second-order valence-electron chi connectivity index (χ2n) is 11.0. The number of alkyl halides is 11. The van der Waals surface area contributed by atoms with Gasteiger partial charge in [0.25, 0.3) is 0 Å². The molecular weight excluding hydrogens is 731 g/mol. The van der Waals surface area contributed by atoms with E-state index in [4.69, 9.17) is 14.2 Å². The maximum Gasteiger partial charge on any atom is 0.483 e. The highest BCUT2D eigenvalue weighted by atomic mass is 19.4. The largest absolute Gasteiger partial charge is 0.497 e. The first-order chi connectivity index (χ1) is 24.2. The van der Waals surface area contributed by atoms with Gasteiger partial charge in [-0.25, -0.2) is 4.74 Å². The molecule has 3 aromatic carbocycles. The molecule has 0 unspecified atom stereocenters. The predicted molar refractivity (Wildman–Crippen MR) is 161 cm³/mol. The number of nitrogens with zero attached hydrogens (tertiary/aromatic N) is 1. The summed E-state index contributed by atoms with van der Waals surface area (Å²) in [7, 11) is 2.94. The molecule has 1 N–H and O–H groups in total. The average Bonchev–Trinajstić information content (AvgIpc) is 3.05. The molecule has 8 nitrogen and oxygen atoms in total. The molecule has 0 fully saturated rings.